The third-order valence-corrected chi connectivity index (χ3v) is 10.9. The van der Waals surface area contributed by atoms with E-state index in [1.54, 1.807) is 0 Å². The van der Waals surface area contributed by atoms with Crippen LogP contribution in [0.3, 0.4) is 0 Å². The molecular weight excluding hydrogens is 671 g/mol. The molecule has 11 rings (SSSR count). The smallest absolute Gasteiger partial charge is 0.143 e. The molecule has 0 atom stereocenters. The second kappa shape index (κ2) is 12.6. The van der Waals surface area contributed by atoms with Gasteiger partial charge < -0.3 is 13.7 Å². The fraction of sp³-hybridized carbons (Fsp3) is 0. The molecule has 0 saturated heterocycles. The summed E-state index contributed by atoms with van der Waals surface area (Å²) in [5.41, 5.74) is 13.4. The maximum atomic E-state index is 6.75. The zero-order valence-electron chi connectivity index (χ0n) is 29.8. The average molecular weight is 704 g/mol. The summed E-state index contributed by atoms with van der Waals surface area (Å²) >= 11 is 0. The van der Waals surface area contributed by atoms with Crippen molar-refractivity contribution in [2.75, 3.05) is 4.90 Å². The molecule has 0 spiro atoms. The van der Waals surface area contributed by atoms with Gasteiger partial charge in [-0.3, -0.25) is 0 Å². The Bertz CT molecular complexity index is 3180. The molecule has 0 radical (unpaired) electrons. The standard InChI is InChI=1S/C52H33NO2/c1-3-12-34(13-4-1)35-22-27-39(28-23-35)53(40-29-24-38(25-30-40)43-19-11-20-45-44-18-9-10-21-48(44)54-51(43)45)41-32-46(36-14-5-2-6-15-36)52-47(33-41)50-42-17-8-7-16-37(42)26-31-49(50)55-52/h1-33H. The zero-order valence-corrected chi connectivity index (χ0v) is 29.8. The van der Waals surface area contributed by atoms with E-state index in [9.17, 15) is 0 Å². The third-order valence-electron chi connectivity index (χ3n) is 10.9. The van der Waals surface area contributed by atoms with Crippen LogP contribution in [0.25, 0.3) is 88.0 Å². The maximum absolute atomic E-state index is 6.75. The van der Waals surface area contributed by atoms with Gasteiger partial charge in [-0.25, -0.2) is 0 Å². The highest BCUT2D eigenvalue weighted by atomic mass is 16.3. The van der Waals surface area contributed by atoms with E-state index in [0.29, 0.717) is 0 Å². The molecule has 0 aliphatic rings. The van der Waals surface area contributed by atoms with Crippen LogP contribution in [0.15, 0.2) is 209 Å². The zero-order chi connectivity index (χ0) is 36.3. The Kier molecular flexibility index (Phi) is 7.17. The van der Waals surface area contributed by atoms with Crippen LogP contribution in [0.4, 0.5) is 17.1 Å². The Morgan fingerprint density at radius 2 is 0.873 bits per heavy atom. The second-order valence-corrected chi connectivity index (χ2v) is 14.1. The summed E-state index contributed by atoms with van der Waals surface area (Å²) in [4.78, 5) is 2.36. The van der Waals surface area contributed by atoms with E-state index < -0.39 is 0 Å². The van der Waals surface area contributed by atoms with Gasteiger partial charge in [0.15, 0.2) is 0 Å². The van der Waals surface area contributed by atoms with E-state index in [0.717, 1.165) is 83.2 Å². The minimum absolute atomic E-state index is 0.880. The van der Waals surface area contributed by atoms with Crippen LogP contribution in [-0.4, -0.2) is 0 Å². The number of para-hydroxylation sites is 2. The number of furan rings is 2. The fourth-order valence-corrected chi connectivity index (χ4v) is 8.24. The van der Waals surface area contributed by atoms with Crippen LogP contribution in [0.1, 0.15) is 0 Å². The van der Waals surface area contributed by atoms with Crippen molar-refractivity contribution in [1.82, 2.24) is 0 Å². The molecule has 0 aliphatic carbocycles. The van der Waals surface area contributed by atoms with Crippen LogP contribution in [0.5, 0.6) is 0 Å². The molecule has 258 valence electrons. The monoisotopic (exact) mass is 703 g/mol. The quantitative estimate of drug-likeness (QED) is 0.173. The molecule has 3 nitrogen and oxygen atoms in total. The lowest BCUT2D eigenvalue weighted by molar-refractivity contribution is 0.670. The molecule has 0 fully saturated rings. The van der Waals surface area contributed by atoms with Gasteiger partial charge in [-0.05, 0) is 81.6 Å². The molecule has 0 aliphatic heterocycles. The van der Waals surface area contributed by atoms with Crippen LogP contribution in [-0.2, 0) is 0 Å². The number of hydrogen-bond donors (Lipinski definition) is 0. The lowest BCUT2D eigenvalue weighted by Crippen LogP contribution is -2.10. The molecule has 9 aromatic carbocycles. The highest BCUT2D eigenvalue weighted by Crippen LogP contribution is 2.46. The van der Waals surface area contributed by atoms with Crippen molar-refractivity contribution < 1.29 is 8.83 Å². The van der Waals surface area contributed by atoms with Gasteiger partial charge in [0.05, 0.1) is 0 Å². The minimum atomic E-state index is 0.880. The molecule has 2 heterocycles. The van der Waals surface area contributed by atoms with Gasteiger partial charge in [0.1, 0.15) is 22.3 Å². The van der Waals surface area contributed by atoms with Crippen molar-refractivity contribution >= 4 is 71.7 Å². The van der Waals surface area contributed by atoms with Crippen molar-refractivity contribution in [2.45, 2.75) is 0 Å². The van der Waals surface area contributed by atoms with Crippen LogP contribution < -0.4 is 4.90 Å². The minimum Gasteiger partial charge on any atom is -0.455 e. The van der Waals surface area contributed by atoms with E-state index in [2.05, 4.69) is 193 Å². The summed E-state index contributed by atoms with van der Waals surface area (Å²) in [5, 5.41) is 6.83. The highest BCUT2D eigenvalue weighted by molar-refractivity contribution is 6.21. The molecule has 55 heavy (non-hydrogen) atoms. The summed E-state index contributed by atoms with van der Waals surface area (Å²) in [5.74, 6) is 0. The van der Waals surface area contributed by atoms with Crippen molar-refractivity contribution in [3.8, 4) is 33.4 Å². The van der Waals surface area contributed by atoms with E-state index in [-0.39, 0.29) is 0 Å². The predicted molar refractivity (Wildman–Crippen MR) is 229 cm³/mol. The first-order valence-electron chi connectivity index (χ1n) is 18.7. The van der Waals surface area contributed by atoms with Crippen molar-refractivity contribution in [3.63, 3.8) is 0 Å². The molecule has 0 saturated carbocycles. The summed E-state index contributed by atoms with van der Waals surface area (Å²) in [6.07, 6.45) is 0. The van der Waals surface area contributed by atoms with Crippen molar-refractivity contribution in [3.05, 3.63) is 200 Å². The summed E-state index contributed by atoms with van der Waals surface area (Å²) < 4.78 is 13.2. The number of fused-ring (bicyclic) bond motifs is 8. The largest absolute Gasteiger partial charge is 0.455 e. The lowest BCUT2D eigenvalue weighted by Gasteiger charge is -2.27. The number of rotatable bonds is 6. The third kappa shape index (κ3) is 5.20. The van der Waals surface area contributed by atoms with E-state index in [1.807, 2.05) is 12.1 Å². The SMILES string of the molecule is c1ccc(-c2ccc(N(c3ccc(-c4cccc5c4oc4ccccc45)cc3)c3cc(-c4ccccc4)c4oc5ccc6ccccc6c5c4c3)cc2)cc1. The van der Waals surface area contributed by atoms with Crippen LogP contribution in [0.2, 0.25) is 0 Å². The normalized spacial score (nSPS) is 11.6. The predicted octanol–water partition coefficient (Wildman–Crippen LogP) is 15.1. The molecule has 11 aromatic rings. The van der Waals surface area contributed by atoms with Crippen molar-refractivity contribution in [1.29, 1.82) is 0 Å². The fourth-order valence-electron chi connectivity index (χ4n) is 8.24. The van der Waals surface area contributed by atoms with E-state index in [1.165, 1.54) is 21.9 Å². The Hall–Kier alpha value is -7.36. The average Bonchev–Trinajstić information content (AvgIpc) is 3.84. The maximum Gasteiger partial charge on any atom is 0.143 e. The van der Waals surface area contributed by atoms with Crippen LogP contribution >= 0.6 is 0 Å². The Morgan fingerprint density at radius 3 is 1.64 bits per heavy atom. The second-order valence-electron chi connectivity index (χ2n) is 14.1. The Balaban J connectivity index is 1.13. The molecule has 0 N–H and O–H groups in total. The molecule has 2 aromatic heterocycles. The molecule has 0 unspecified atom stereocenters. The number of hydrogen-bond acceptors (Lipinski definition) is 3. The summed E-state index contributed by atoms with van der Waals surface area (Å²) in [7, 11) is 0. The molecular formula is C52H33NO2. The summed E-state index contributed by atoms with van der Waals surface area (Å²) in [6.45, 7) is 0. The van der Waals surface area contributed by atoms with Crippen LogP contribution in [0, 0.1) is 0 Å². The number of benzene rings is 9. The van der Waals surface area contributed by atoms with Gasteiger partial charge >= 0.3 is 0 Å². The first-order chi connectivity index (χ1) is 27.3. The highest BCUT2D eigenvalue weighted by Gasteiger charge is 2.21. The Morgan fingerprint density at radius 1 is 0.309 bits per heavy atom. The van der Waals surface area contributed by atoms with Gasteiger partial charge in [-0.2, -0.15) is 0 Å². The van der Waals surface area contributed by atoms with Gasteiger partial charge in [0.25, 0.3) is 0 Å². The van der Waals surface area contributed by atoms with E-state index >= 15 is 0 Å². The molecule has 0 amide bonds. The summed E-state index contributed by atoms with van der Waals surface area (Å²) in [6, 6.07) is 70.9. The van der Waals surface area contributed by atoms with Gasteiger partial charge in [-0.1, -0.05) is 152 Å². The van der Waals surface area contributed by atoms with Gasteiger partial charge in [0.2, 0.25) is 0 Å². The Labute approximate surface area is 317 Å². The van der Waals surface area contributed by atoms with Gasteiger partial charge in [-0.15, -0.1) is 0 Å². The first kappa shape index (κ1) is 31.2. The first-order valence-corrected chi connectivity index (χ1v) is 18.7. The number of anilines is 3. The molecule has 0 bridgehead atoms. The topological polar surface area (TPSA) is 29.5 Å². The number of nitrogens with zero attached hydrogens (tertiary/aromatic N) is 1. The van der Waals surface area contributed by atoms with E-state index in [4.69, 9.17) is 8.83 Å². The lowest BCUT2D eigenvalue weighted by atomic mass is 9.98. The molecule has 3 heteroatoms. The van der Waals surface area contributed by atoms with Crippen molar-refractivity contribution in [2.24, 2.45) is 0 Å². The van der Waals surface area contributed by atoms with Gasteiger partial charge in [0, 0.05) is 49.7 Å².